The molecule has 0 radical (unpaired) electrons. The molecule has 0 fully saturated rings. The van der Waals surface area contributed by atoms with Gasteiger partial charge in [0.15, 0.2) is 0 Å². The molecule has 0 saturated carbocycles. The van der Waals surface area contributed by atoms with E-state index in [1.54, 1.807) is 13.0 Å². The van der Waals surface area contributed by atoms with Crippen molar-refractivity contribution in [2.75, 3.05) is 6.61 Å². The molecule has 0 aliphatic heterocycles. The van der Waals surface area contributed by atoms with Gasteiger partial charge in [-0.25, -0.2) is 4.39 Å². The topological polar surface area (TPSA) is 26.3 Å². The van der Waals surface area contributed by atoms with Gasteiger partial charge in [-0.05, 0) is 47.8 Å². The number of hydrogen-bond donors (Lipinski definition) is 0. The van der Waals surface area contributed by atoms with Crippen LogP contribution in [0.4, 0.5) is 4.39 Å². The van der Waals surface area contributed by atoms with Crippen molar-refractivity contribution in [1.29, 1.82) is 0 Å². The Morgan fingerprint density at radius 2 is 2.19 bits per heavy atom. The molecule has 1 rings (SSSR count). The Morgan fingerprint density at radius 1 is 1.44 bits per heavy atom. The fourth-order valence-electron chi connectivity index (χ4n) is 1.25. The number of rotatable bonds is 6. The molecular formula is C12H14BrFO2. The van der Waals surface area contributed by atoms with Crippen LogP contribution >= 0.6 is 15.9 Å². The second-order valence-corrected chi connectivity index (χ2v) is 4.44. The maximum Gasteiger partial charge on any atom is 0.136 e. The van der Waals surface area contributed by atoms with E-state index in [1.165, 1.54) is 12.1 Å². The molecule has 0 saturated heterocycles. The van der Waals surface area contributed by atoms with Crippen LogP contribution in [0.3, 0.4) is 0 Å². The predicted molar refractivity (Wildman–Crippen MR) is 64.1 cm³/mol. The summed E-state index contributed by atoms with van der Waals surface area (Å²) in [4.78, 5) is 10.7. The van der Waals surface area contributed by atoms with Crippen LogP contribution in [0.5, 0.6) is 5.75 Å². The van der Waals surface area contributed by atoms with Gasteiger partial charge < -0.3 is 9.53 Å². The van der Waals surface area contributed by atoms with Crippen LogP contribution in [0.25, 0.3) is 0 Å². The summed E-state index contributed by atoms with van der Waals surface area (Å²) < 4.78 is 19.0. The molecule has 0 amide bonds. The third-order valence-electron chi connectivity index (χ3n) is 2.07. The number of ketones is 1. The van der Waals surface area contributed by atoms with E-state index in [1.807, 2.05) is 0 Å². The molecule has 0 aromatic heterocycles. The third-order valence-corrected chi connectivity index (χ3v) is 2.73. The van der Waals surface area contributed by atoms with Gasteiger partial charge in [-0.2, -0.15) is 0 Å². The van der Waals surface area contributed by atoms with E-state index >= 15 is 0 Å². The normalized spacial score (nSPS) is 10.2. The number of ether oxygens (including phenoxy) is 1. The largest absolute Gasteiger partial charge is 0.492 e. The Bertz CT molecular complexity index is 366. The van der Waals surface area contributed by atoms with Crippen molar-refractivity contribution in [3.63, 3.8) is 0 Å². The molecule has 1 aromatic rings. The number of carbonyl (C=O) groups excluding carboxylic acids is 1. The summed E-state index contributed by atoms with van der Waals surface area (Å²) in [6.07, 6.45) is 2.18. The molecule has 16 heavy (non-hydrogen) atoms. The highest BCUT2D eigenvalue weighted by Gasteiger charge is 2.02. The number of hydrogen-bond acceptors (Lipinski definition) is 2. The lowest BCUT2D eigenvalue weighted by molar-refractivity contribution is -0.117. The number of Topliss-reactive ketones (excluding diaryl/α,β-unsaturated/α-hetero) is 1. The van der Waals surface area contributed by atoms with Gasteiger partial charge in [-0.1, -0.05) is 0 Å². The highest BCUT2D eigenvalue weighted by Crippen LogP contribution is 2.25. The molecule has 0 spiro atoms. The van der Waals surface area contributed by atoms with Crippen molar-refractivity contribution in [3.8, 4) is 5.75 Å². The van der Waals surface area contributed by atoms with Crippen LogP contribution in [0.2, 0.25) is 0 Å². The average Bonchev–Trinajstić information content (AvgIpc) is 2.22. The van der Waals surface area contributed by atoms with Gasteiger partial charge >= 0.3 is 0 Å². The van der Waals surface area contributed by atoms with Gasteiger partial charge in [-0.3, -0.25) is 0 Å². The minimum atomic E-state index is -0.318. The van der Waals surface area contributed by atoms with Crippen molar-refractivity contribution in [2.24, 2.45) is 0 Å². The first-order valence-electron chi connectivity index (χ1n) is 5.17. The van der Waals surface area contributed by atoms with Gasteiger partial charge in [0.2, 0.25) is 0 Å². The standard InChI is InChI=1S/C12H14BrFO2/c1-9(15)4-2-3-7-16-12-8-10(14)5-6-11(12)13/h5-6,8H,2-4,7H2,1H3. The van der Waals surface area contributed by atoms with Gasteiger partial charge in [0.1, 0.15) is 17.3 Å². The fourth-order valence-corrected chi connectivity index (χ4v) is 1.61. The Labute approximate surface area is 103 Å². The van der Waals surface area contributed by atoms with Gasteiger partial charge in [0, 0.05) is 12.5 Å². The molecule has 0 unspecified atom stereocenters. The van der Waals surface area contributed by atoms with Crippen molar-refractivity contribution in [3.05, 3.63) is 28.5 Å². The SMILES string of the molecule is CC(=O)CCCCOc1cc(F)ccc1Br. The third kappa shape index (κ3) is 4.75. The lowest BCUT2D eigenvalue weighted by atomic mass is 10.2. The first kappa shape index (κ1) is 13.2. The molecule has 0 aliphatic rings. The Morgan fingerprint density at radius 3 is 2.88 bits per heavy atom. The van der Waals surface area contributed by atoms with E-state index < -0.39 is 0 Å². The van der Waals surface area contributed by atoms with Gasteiger partial charge in [-0.15, -0.1) is 0 Å². The molecule has 4 heteroatoms. The molecule has 0 heterocycles. The number of benzene rings is 1. The van der Waals surface area contributed by atoms with E-state index in [9.17, 15) is 9.18 Å². The molecular weight excluding hydrogens is 275 g/mol. The van der Waals surface area contributed by atoms with Gasteiger partial charge in [0.05, 0.1) is 11.1 Å². The monoisotopic (exact) mass is 288 g/mol. The zero-order valence-corrected chi connectivity index (χ0v) is 10.7. The summed E-state index contributed by atoms with van der Waals surface area (Å²) in [5, 5.41) is 0. The smallest absolute Gasteiger partial charge is 0.136 e. The molecule has 0 atom stereocenters. The number of carbonyl (C=O) groups is 1. The second-order valence-electron chi connectivity index (χ2n) is 3.58. The zero-order chi connectivity index (χ0) is 12.0. The van der Waals surface area contributed by atoms with Crippen molar-refractivity contribution in [2.45, 2.75) is 26.2 Å². The zero-order valence-electron chi connectivity index (χ0n) is 9.13. The maximum atomic E-state index is 12.9. The van der Waals surface area contributed by atoms with Gasteiger partial charge in [0.25, 0.3) is 0 Å². The lowest BCUT2D eigenvalue weighted by Crippen LogP contribution is -1.99. The van der Waals surface area contributed by atoms with Crippen molar-refractivity contribution in [1.82, 2.24) is 0 Å². The quantitative estimate of drug-likeness (QED) is 0.746. The molecule has 0 bridgehead atoms. The van der Waals surface area contributed by atoms with Crippen LogP contribution in [-0.2, 0) is 4.79 Å². The summed E-state index contributed by atoms with van der Waals surface area (Å²) >= 11 is 3.28. The predicted octanol–water partition coefficient (Wildman–Crippen LogP) is 3.73. The molecule has 88 valence electrons. The molecule has 0 aliphatic carbocycles. The maximum absolute atomic E-state index is 12.9. The lowest BCUT2D eigenvalue weighted by Gasteiger charge is -2.07. The van der Waals surface area contributed by atoms with Crippen molar-refractivity contribution >= 4 is 21.7 Å². The van der Waals surface area contributed by atoms with Crippen LogP contribution in [0.1, 0.15) is 26.2 Å². The van der Waals surface area contributed by atoms with Crippen LogP contribution in [-0.4, -0.2) is 12.4 Å². The highest BCUT2D eigenvalue weighted by molar-refractivity contribution is 9.10. The van der Waals surface area contributed by atoms with E-state index in [4.69, 9.17) is 4.74 Å². The summed E-state index contributed by atoms with van der Waals surface area (Å²) in [5.41, 5.74) is 0. The number of unbranched alkanes of at least 4 members (excludes halogenated alkanes) is 1. The van der Waals surface area contributed by atoms with E-state index in [0.29, 0.717) is 18.8 Å². The summed E-state index contributed by atoms with van der Waals surface area (Å²) in [5.74, 6) is 0.372. The summed E-state index contributed by atoms with van der Waals surface area (Å²) in [7, 11) is 0. The van der Waals surface area contributed by atoms with E-state index in [0.717, 1.165) is 17.3 Å². The van der Waals surface area contributed by atoms with E-state index in [2.05, 4.69) is 15.9 Å². The Kier molecular flexibility index (Phi) is 5.46. The first-order valence-corrected chi connectivity index (χ1v) is 5.96. The van der Waals surface area contributed by atoms with Crippen LogP contribution in [0, 0.1) is 5.82 Å². The summed E-state index contributed by atoms with van der Waals surface area (Å²) in [6.45, 7) is 2.07. The second kappa shape index (κ2) is 6.63. The van der Waals surface area contributed by atoms with E-state index in [-0.39, 0.29) is 11.6 Å². The Hall–Kier alpha value is -0.900. The number of halogens is 2. The van der Waals surface area contributed by atoms with Crippen molar-refractivity contribution < 1.29 is 13.9 Å². The average molecular weight is 289 g/mol. The molecule has 2 nitrogen and oxygen atoms in total. The minimum Gasteiger partial charge on any atom is -0.492 e. The fraction of sp³-hybridized carbons (Fsp3) is 0.417. The first-order chi connectivity index (χ1) is 7.59. The Balaban J connectivity index is 2.31. The molecule has 0 N–H and O–H groups in total. The van der Waals surface area contributed by atoms with Crippen LogP contribution < -0.4 is 4.74 Å². The minimum absolute atomic E-state index is 0.187. The van der Waals surface area contributed by atoms with Crippen LogP contribution in [0.15, 0.2) is 22.7 Å². The summed E-state index contributed by atoms with van der Waals surface area (Å²) in [6, 6.07) is 4.32. The molecule has 1 aromatic carbocycles. The highest BCUT2D eigenvalue weighted by atomic mass is 79.9.